The van der Waals surface area contributed by atoms with Crippen LogP contribution in [0.4, 0.5) is 5.69 Å². The highest BCUT2D eigenvalue weighted by molar-refractivity contribution is 6.53. The van der Waals surface area contributed by atoms with Crippen molar-refractivity contribution < 1.29 is 24.1 Å². The second kappa shape index (κ2) is 8.60. The van der Waals surface area contributed by atoms with Crippen LogP contribution in [-0.4, -0.2) is 47.5 Å². The number of pyridine rings is 2. The van der Waals surface area contributed by atoms with Gasteiger partial charge in [-0.15, -0.1) is 4.58 Å². The topological polar surface area (TPSA) is 105 Å². The van der Waals surface area contributed by atoms with Gasteiger partial charge < -0.3 is 5.11 Å². The summed E-state index contributed by atoms with van der Waals surface area (Å²) in [5, 5.41) is 11.6. The molecule has 0 fully saturated rings. The highest BCUT2D eigenvalue weighted by Crippen LogP contribution is 2.40. The Morgan fingerprint density at radius 1 is 1.00 bits per heavy atom. The standard InChI is InChI=1S/C29H20N4O4/c1-17-10-11-23-21(14-17)27(35)25(33(23)29(37)19-7-5-13-31-16-19)24-26(34)20-8-2-3-9-22(20)32(24)28(36)18-6-4-12-30-15-18/h2-13,15-17H,14H2,1H3/p+1. The largest absolute Gasteiger partial charge is 0.505 e. The average molecular weight is 490 g/mol. The van der Waals surface area contributed by atoms with Gasteiger partial charge in [-0.25, -0.2) is 4.79 Å². The van der Waals surface area contributed by atoms with Crippen molar-refractivity contribution in [3.8, 4) is 5.75 Å². The number of hydrogen-bond acceptors (Lipinski definition) is 6. The third kappa shape index (κ3) is 3.45. The number of fused-ring (bicyclic) bond motifs is 2. The van der Waals surface area contributed by atoms with Crippen LogP contribution >= 0.6 is 0 Å². The molecule has 180 valence electrons. The van der Waals surface area contributed by atoms with Crippen molar-refractivity contribution in [2.75, 3.05) is 0 Å². The molecule has 8 nitrogen and oxygen atoms in total. The maximum absolute atomic E-state index is 13.9. The lowest BCUT2D eigenvalue weighted by molar-refractivity contribution is -0.330. The first-order valence-corrected chi connectivity index (χ1v) is 11.8. The first-order chi connectivity index (χ1) is 18.0. The molecule has 0 bridgehead atoms. The predicted molar refractivity (Wildman–Crippen MR) is 135 cm³/mol. The summed E-state index contributed by atoms with van der Waals surface area (Å²) < 4.78 is 2.60. The smallest absolute Gasteiger partial charge is 0.427 e. The van der Waals surface area contributed by atoms with Crippen LogP contribution in [0.15, 0.2) is 79.4 Å². The zero-order valence-corrected chi connectivity index (χ0v) is 19.8. The van der Waals surface area contributed by atoms with Gasteiger partial charge in [0.2, 0.25) is 5.69 Å². The van der Waals surface area contributed by atoms with Crippen LogP contribution in [0.2, 0.25) is 0 Å². The van der Waals surface area contributed by atoms with Crippen molar-refractivity contribution in [2.24, 2.45) is 5.92 Å². The van der Waals surface area contributed by atoms with Gasteiger partial charge >= 0.3 is 5.91 Å². The summed E-state index contributed by atoms with van der Waals surface area (Å²) in [6.45, 7) is 2.00. The summed E-state index contributed by atoms with van der Waals surface area (Å²) in [6, 6.07) is 13.2. The molecule has 1 atom stereocenters. The van der Waals surface area contributed by atoms with Crippen molar-refractivity contribution in [1.29, 1.82) is 0 Å². The number of aromatic nitrogens is 3. The van der Waals surface area contributed by atoms with Crippen LogP contribution in [0.3, 0.4) is 0 Å². The van der Waals surface area contributed by atoms with E-state index >= 15 is 0 Å². The van der Waals surface area contributed by atoms with Gasteiger partial charge in [0.05, 0.1) is 11.3 Å². The molecule has 0 saturated heterocycles. The molecule has 4 heterocycles. The lowest BCUT2D eigenvalue weighted by atomic mass is 9.94. The molecule has 6 rings (SSSR count). The second-order valence-corrected chi connectivity index (χ2v) is 9.06. The molecular formula is C29H21N4O4+. The Labute approximate surface area is 211 Å². The third-order valence-corrected chi connectivity index (χ3v) is 6.67. The fraction of sp³-hybridized carbons (Fsp3) is 0.103. The molecule has 1 amide bonds. The monoisotopic (exact) mass is 489 g/mol. The van der Waals surface area contributed by atoms with Crippen LogP contribution in [0.5, 0.6) is 5.75 Å². The van der Waals surface area contributed by atoms with E-state index in [1.165, 1.54) is 21.5 Å². The molecule has 4 aromatic rings. The molecular weight excluding hydrogens is 468 g/mol. The summed E-state index contributed by atoms with van der Waals surface area (Å²) in [5.74, 6) is -1.50. The van der Waals surface area contributed by atoms with Crippen molar-refractivity contribution in [3.63, 3.8) is 0 Å². The van der Waals surface area contributed by atoms with Gasteiger partial charge in [0.15, 0.2) is 11.4 Å². The molecule has 1 N–H and O–H groups in total. The van der Waals surface area contributed by atoms with E-state index in [1.807, 2.05) is 13.0 Å². The summed E-state index contributed by atoms with van der Waals surface area (Å²) in [5.41, 5.74) is 2.14. The number of rotatable bonds is 3. The zero-order chi connectivity index (χ0) is 25.7. The normalized spacial score (nSPS) is 16.0. The number of Topliss-reactive ketones (excluding diaryl/α,β-unsaturated/α-hetero) is 1. The van der Waals surface area contributed by atoms with Gasteiger partial charge in [-0.1, -0.05) is 25.1 Å². The van der Waals surface area contributed by atoms with Crippen LogP contribution in [0, 0.1) is 5.92 Å². The van der Waals surface area contributed by atoms with Crippen molar-refractivity contribution in [3.05, 3.63) is 113 Å². The molecule has 0 saturated carbocycles. The lowest BCUT2D eigenvalue weighted by Crippen LogP contribution is -2.29. The van der Waals surface area contributed by atoms with E-state index in [-0.39, 0.29) is 34.2 Å². The third-order valence-electron chi connectivity index (χ3n) is 6.67. The van der Waals surface area contributed by atoms with E-state index in [2.05, 4.69) is 9.97 Å². The Morgan fingerprint density at radius 3 is 2.41 bits per heavy atom. The van der Waals surface area contributed by atoms with Crippen LogP contribution in [0.25, 0.3) is 6.08 Å². The van der Waals surface area contributed by atoms with Gasteiger partial charge in [0.25, 0.3) is 17.4 Å². The van der Waals surface area contributed by atoms with Gasteiger partial charge in [-0.3, -0.25) is 24.1 Å². The number of amides is 1. The highest BCUT2D eigenvalue weighted by Gasteiger charge is 2.48. The Bertz CT molecular complexity index is 1670. The summed E-state index contributed by atoms with van der Waals surface area (Å²) in [6.07, 6.45) is 10.2. The lowest BCUT2D eigenvalue weighted by Gasteiger charge is -2.14. The van der Waals surface area contributed by atoms with Gasteiger partial charge in [-0.05, 0) is 48.7 Å². The molecule has 8 heteroatoms. The van der Waals surface area contributed by atoms with E-state index in [4.69, 9.17) is 0 Å². The second-order valence-electron chi connectivity index (χ2n) is 9.06. The molecule has 37 heavy (non-hydrogen) atoms. The molecule has 1 aliphatic heterocycles. The minimum absolute atomic E-state index is 0.0176. The van der Waals surface area contributed by atoms with Crippen molar-refractivity contribution >= 4 is 35.1 Å². The zero-order valence-electron chi connectivity index (χ0n) is 19.8. The number of allylic oxidation sites excluding steroid dienone is 1. The number of benzene rings is 1. The highest BCUT2D eigenvalue weighted by atomic mass is 16.3. The Morgan fingerprint density at radius 2 is 1.70 bits per heavy atom. The molecule has 0 spiro atoms. The van der Waals surface area contributed by atoms with E-state index < -0.39 is 17.6 Å². The summed E-state index contributed by atoms with van der Waals surface area (Å²) in [4.78, 5) is 49.6. The van der Waals surface area contributed by atoms with E-state index in [0.29, 0.717) is 28.9 Å². The summed E-state index contributed by atoms with van der Waals surface area (Å²) >= 11 is 0. The maximum Gasteiger partial charge on any atom is 0.427 e. The first-order valence-electron chi connectivity index (χ1n) is 11.8. The number of carbonyl (C=O) groups is 3. The van der Waals surface area contributed by atoms with Crippen LogP contribution < -0.4 is 0 Å². The molecule has 2 aliphatic rings. The van der Waals surface area contributed by atoms with Crippen LogP contribution in [0.1, 0.15) is 54.9 Å². The molecule has 0 radical (unpaired) electrons. The van der Waals surface area contributed by atoms with E-state index in [1.54, 1.807) is 67.0 Å². The van der Waals surface area contributed by atoms with E-state index in [0.717, 1.165) is 0 Å². The quantitative estimate of drug-likeness (QED) is 0.436. The number of nitrogens with zero attached hydrogens (tertiary/aromatic N) is 4. The minimum Gasteiger partial charge on any atom is -0.505 e. The van der Waals surface area contributed by atoms with Gasteiger partial charge in [-0.2, -0.15) is 0 Å². The number of para-hydroxylation sites is 1. The van der Waals surface area contributed by atoms with Crippen molar-refractivity contribution in [2.45, 2.75) is 13.3 Å². The average Bonchev–Trinajstić information content (AvgIpc) is 3.39. The Kier molecular flexibility index (Phi) is 5.22. The van der Waals surface area contributed by atoms with Crippen LogP contribution in [-0.2, 0) is 6.42 Å². The minimum atomic E-state index is -0.496. The van der Waals surface area contributed by atoms with Gasteiger partial charge in [0, 0.05) is 36.4 Å². The molecule has 1 unspecified atom stereocenters. The number of aromatic hydroxyl groups is 1. The van der Waals surface area contributed by atoms with E-state index in [9.17, 15) is 19.5 Å². The SMILES string of the molecule is CC1C=Cc2c(c(O)c(C3=[N+](C(=O)c4cccnc4)c4ccccc4C3=O)n2C(=O)c2cccnc2)C1. The van der Waals surface area contributed by atoms with Gasteiger partial charge in [0.1, 0.15) is 11.1 Å². The maximum atomic E-state index is 13.9. The van der Waals surface area contributed by atoms with Crippen molar-refractivity contribution in [1.82, 2.24) is 14.5 Å². The number of hydrogen-bond donors (Lipinski definition) is 1. The molecule has 1 aromatic carbocycles. The molecule has 1 aliphatic carbocycles. The first kappa shape index (κ1) is 22.5. The summed E-state index contributed by atoms with van der Waals surface area (Å²) in [7, 11) is 0. The predicted octanol–water partition coefficient (Wildman–Crippen LogP) is 4.05. The molecule has 3 aromatic heterocycles. The Balaban J connectivity index is 1.68. The Hall–Kier alpha value is -4.98. The number of ketones is 1. The fourth-order valence-corrected chi connectivity index (χ4v) is 4.95. The fourth-order valence-electron chi connectivity index (χ4n) is 4.95. The number of carbonyl (C=O) groups excluding carboxylic acids is 3.